The van der Waals surface area contributed by atoms with E-state index in [0.29, 0.717) is 11.8 Å². The molecule has 2 nitrogen and oxygen atoms in total. The predicted molar refractivity (Wildman–Crippen MR) is 91.3 cm³/mol. The van der Waals surface area contributed by atoms with Crippen LogP contribution in [0.5, 0.6) is 0 Å². The normalized spacial score (nSPS) is 10.4. The molecule has 0 saturated carbocycles. The number of anilines is 1. The molecule has 0 atom stereocenters. The van der Waals surface area contributed by atoms with Crippen LogP contribution in [0.2, 0.25) is 0 Å². The van der Waals surface area contributed by atoms with Crippen LogP contribution in [-0.2, 0) is 0 Å². The monoisotopic (exact) mass is 341 g/mol. The van der Waals surface area contributed by atoms with Gasteiger partial charge in [-0.3, -0.25) is 4.79 Å². The molecule has 3 rings (SSSR count). The molecular formula is C19H13F2NOS. The molecule has 24 heavy (non-hydrogen) atoms. The third kappa shape index (κ3) is 3.81. The Balaban J connectivity index is 1.84. The van der Waals surface area contributed by atoms with Gasteiger partial charge in [-0.2, -0.15) is 0 Å². The molecule has 5 heteroatoms. The fraction of sp³-hybridized carbons (Fsp3) is 0. The summed E-state index contributed by atoms with van der Waals surface area (Å²) in [6.45, 7) is 0. The Hall–Kier alpha value is -2.66. The molecule has 0 fully saturated rings. The van der Waals surface area contributed by atoms with Crippen LogP contribution in [0, 0.1) is 11.6 Å². The van der Waals surface area contributed by atoms with Crippen molar-refractivity contribution in [2.75, 3.05) is 5.32 Å². The maximum atomic E-state index is 13.7. The van der Waals surface area contributed by atoms with Crippen LogP contribution in [0.15, 0.2) is 82.6 Å². The summed E-state index contributed by atoms with van der Waals surface area (Å²) >= 11 is 1.49. The van der Waals surface area contributed by atoms with Crippen LogP contribution < -0.4 is 5.32 Å². The van der Waals surface area contributed by atoms with Crippen LogP contribution in [0.3, 0.4) is 0 Å². The summed E-state index contributed by atoms with van der Waals surface area (Å²) < 4.78 is 26.7. The first kappa shape index (κ1) is 16.2. The number of carbonyl (C=O) groups is 1. The SMILES string of the molecule is O=C(Nc1ccccc1Sc1ccccc1)c1ccc(F)cc1F. The Morgan fingerprint density at radius 2 is 1.58 bits per heavy atom. The maximum absolute atomic E-state index is 13.7. The number of rotatable bonds is 4. The highest BCUT2D eigenvalue weighted by atomic mass is 32.2. The van der Waals surface area contributed by atoms with Crippen molar-refractivity contribution in [3.05, 3.63) is 90.0 Å². The summed E-state index contributed by atoms with van der Waals surface area (Å²) in [6, 6.07) is 19.8. The van der Waals surface area contributed by atoms with Gasteiger partial charge < -0.3 is 5.32 Å². The van der Waals surface area contributed by atoms with Gasteiger partial charge in [-0.25, -0.2) is 8.78 Å². The topological polar surface area (TPSA) is 29.1 Å². The van der Waals surface area contributed by atoms with Gasteiger partial charge in [0.15, 0.2) is 0 Å². The number of amides is 1. The van der Waals surface area contributed by atoms with E-state index in [9.17, 15) is 13.6 Å². The first-order valence-corrected chi connectivity index (χ1v) is 8.03. The van der Waals surface area contributed by atoms with Gasteiger partial charge in [0.1, 0.15) is 11.6 Å². The molecule has 0 aliphatic rings. The van der Waals surface area contributed by atoms with E-state index in [1.807, 2.05) is 42.5 Å². The Morgan fingerprint density at radius 1 is 0.875 bits per heavy atom. The van der Waals surface area contributed by atoms with Crippen molar-refractivity contribution in [3.63, 3.8) is 0 Å². The average Bonchev–Trinajstić information content (AvgIpc) is 2.57. The molecule has 0 radical (unpaired) electrons. The highest BCUT2D eigenvalue weighted by Gasteiger charge is 2.14. The molecule has 0 aliphatic heterocycles. The molecule has 0 unspecified atom stereocenters. The van der Waals surface area contributed by atoms with Crippen LogP contribution >= 0.6 is 11.8 Å². The minimum atomic E-state index is -0.888. The van der Waals surface area contributed by atoms with E-state index in [4.69, 9.17) is 0 Å². The average molecular weight is 341 g/mol. The van der Waals surface area contributed by atoms with Crippen molar-refractivity contribution in [1.29, 1.82) is 0 Å². The minimum absolute atomic E-state index is 0.198. The van der Waals surface area contributed by atoms with Gasteiger partial charge in [0.05, 0.1) is 11.3 Å². The molecular weight excluding hydrogens is 328 g/mol. The number of hydrogen-bond acceptors (Lipinski definition) is 2. The Labute approximate surface area is 142 Å². The molecule has 1 amide bonds. The summed E-state index contributed by atoms with van der Waals surface area (Å²) in [5.41, 5.74) is 0.371. The van der Waals surface area contributed by atoms with Crippen molar-refractivity contribution >= 4 is 23.4 Å². The van der Waals surface area contributed by atoms with Gasteiger partial charge >= 0.3 is 0 Å². The number of benzene rings is 3. The summed E-state index contributed by atoms with van der Waals surface area (Å²) in [6.07, 6.45) is 0. The quantitative estimate of drug-likeness (QED) is 0.691. The van der Waals surface area contributed by atoms with Gasteiger partial charge in [0.2, 0.25) is 0 Å². The first-order chi connectivity index (χ1) is 11.6. The third-order valence-electron chi connectivity index (χ3n) is 3.28. The fourth-order valence-corrected chi connectivity index (χ4v) is 3.06. The standard InChI is InChI=1S/C19H13F2NOS/c20-13-10-11-15(16(21)12-13)19(23)22-17-8-4-5-9-18(17)24-14-6-2-1-3-7-14/h1-12H,(H,22,23). The Kier molecular flexibility index (Phi) is 4.91. The lowest BCUT2D eigenvalue weighted by molar-refractivity contribution is 0.102. The molecule has 0 spiro atoms. The zero-order valence-electron chi connectivity index (χ0n) is 12.5. The summed E-state index contributed by atoms with van der Waals surface area (Å²) in [5.74, 6) is -2.22. The predicted octanol–water partition coefficient (Wildman–Crippen LogP) is 5.37. The van der Waals surface area contributed by atoms with Crippen LogP contribution in [0.25, 0.3) is 0 Å². The van der Waals surface area contributed by atoms with E-state index in [0.717, 1.165) is 21.9 Å². The molecule has 0 saturated heterocycles. The summed E-state index contributed by atoms with van der Waals surface area (Å²) in [4.78, 5) is 14.1. The van der Waals surface area contributed by atoms with Gasteiger partial charge in [0, 0.05) is 15.9 Å². The molecule has 3 aromatic rings. The molecule has 0 aliphatic carbocycles. The van der Waals surface area contributed by atoms with E-state index in [2.05, 4.69) is 5.32 Å². The lowest BCUT2D eigenvalue weighted by Gasteiger charge is -2.11. The van der Waals surface area contributed by atoms with Crippen molar-refractivity contribution in [2.45, 2.75) is 9.79 Å². The fourth-order valence-electron chi connectivity index (χ4n) is 2.14. The maximum Gasteiger partial charge on any atom is 0.258 e. The highest BCUT2D eigenvalue weighted by molar-refractivity contribution is 7.99. The largest absolute Gasteiger partial charge is 0.321 e. The highest BCUT2D eigenvalue weighted by Crippen LogP contribution is 2.33. The lowest BCUT2D eigenvalue weighted by atomic mass is 10.2. The lowest BCUT2D eigenvalue weighted by Crippen LogP contribution is -2.14. The number of carbonyl (C=O) groups excluding carboxylic acids is 1. The van der Waals surface area contributed by atoms with Crippen molar-refractivity contribution in [1.82, 2.24) is 0 Å². The van der Waals surface area contributed by atoms with Crippen molar-refractivity contribution in [3.8, 4) is 0 Å². The number of nitrogens with one attached hydrogen (secondary N) is 1. The van der Waals surface area contributed by atoms with E-state index in [-0.39, 0.29) is 5.56 Å². The van der Waals surface area contributed by atoms with E-state index >= 15 is 0 Å². The second-order valence-electron chi connectivity index (χ2n) is 4.99. The van der Waals surface area contributed by atoms with Gasteiger partial charge in [0.25, 0.3) is 5.91 Å². The first-order valence-electron chi connectivity index (χ1n) is 7.22. The van der Waals surface area contributed by atoms with Crippen LogP contribution in [-0.4, -0.2) is 5.91 Å². The third-order valence-corrected chi connectivity index (χ3v) is 4.37. The molecule has 0 heterocycles. The molecule has 0 bridgehead atoms. The van der Waals surface area contributed by atoms with E-state index in [1.165, 1.54) is 11.8 Å². The zero-order chi connectivity index (χ0) is 16.9. The van der Waals surface area contributed by atoms with Gasteiger partial charge in [-0.05, 0) is 36.4 Å². The van der Waals surface area contributed by atoms with E-state index < -0.39 is 17.5 Å². The van der Waals surface area contributed by atoms with Gasteiger partial charge in [-0.1, -0.05) is 42.1 Å². The molecule has 0 aromatic heterocycles. The molecule has 1 N–H and O–H groups in total. The van der Waals surface area contributed by atoms with Crippen LogP contribution in [0.1, 0.15) is 10.4 Å². The summed E-state index contributed by atoms with van der Waals surface area (Å²) in [5, 5.41) is 2.69. The minimum Gasteiger partial charge on any atom is -0.321 e. The second-order valence-corrected chi connectivity index (χ2v) is 6.10. The van der Waals surface area contributed by atoms with Crippen molar-refractivity contribution in [2.24, 2.45) is 0 Å². The number of halogens is 2. The number of hydrogen-bond donors (Lipinski definition) is 1. The smallest absolute Gasteiger partial charge is 0.258 e. The van der Waals surface area contributed by atoms with E-state index in [1.54, 1.807) is 12.1 Å². The Morgan fingerprint density at radius 3 is 2.33 bits per heavy atom. The molecule has 120 valence electrons. The van der Waals surface area contributed by atoms with Crippen molar-refractivity contribution < 1.29 is 13.6 Å². The number of para-hydroxylation sites is 1. The Bertz CT molecular complexity index is 868. The zero-order valence-corrected chi connectivity index (χ0v) is 13.3. The van der Waals surface area contributed by atoms with Gasteiger partial charge in [-0.15, -0.1) is 0 Å². The van der Waals surface area contributed by atoms with Crippen LogP contribution in [0.4, 0.5) is 14.5 Å². The second kappa shape index (κ2) is 7.27. The molecule has 3 aromatic carbocycles. The summed E-state index contributed by atoms with van der Waals surface area (Å²) in [7, 11) is 0.